The van der Waals surface area contributed by atoms with Crippen molar-refractivity contribution in [2.45, 2.75) is 13.0 Å². The summed E-state index contributed by atoms with van der Waals surface area (Å²) in [6, 6.07) is 5.25. The minimum Gasteiger partial charge on any atom is -0.507 e. The highest BCUT2D eigenvalue weighted by Crippen LogP contribution is 2.22. The molecule has 1 fully saturated rings. The third-order valence-corrected chi connectivity index (χ3v) is 3.62. The number of aromatic hydroxyl groups is 1. The van der Waals surface area contributed by atoms with Crippen LogP contribution >= 0.6 is 22.6 Å². The molecule has 0 spiro atoms. The summed E-state index contributed by atoms with van der Waals surface area (Å²) in [7, 11) is 0. The molecule has 0 unspecified atom stereocenters. The summed E-state index contributed by atoms with van der Waals surface area (Å²) in [6.45, 7) is 4.30. The van der Waals surface area contributed by atoms with E-state index in [0.717, 1.165) is 16.7 Å². The maximum Gasteiger partial charge on any atom is 0.257 e. The lowest BCUT2D eigenvalue weighted by atomic mass is 10.1. The summed E-state index contributed by atoms with van der Waals surface area (Å²) in [5.74, 6) is -0.0313. The minimum atomic E-state index is -0.0879. The predicted molar refractivity (Wildman–Crippen MR) is 74.2 cm³/mol. The van der Waals surface area contributed by atoms with Gasteiger partial charge < -0.3 is 15.3 Å². The van der Waals surface area contributed by atoms with Crippen LogP contribution in [0.4, 0.5) is 0 Å². The average molecular weight is 346 g/mol. The summed E-state index contributed by atoms with van der Waals surface area (Å²) in [6.07, 6.45) is 0. The number of piperazine rings is 1. The van der Waals surface area contributed by atoms with Crippen LogP contribution in [-0.4, -0.2) is 41.6 Å². The number of nitrogens with zero attached hydrogens (tertiary/aromatic N) is 1. The molecule has 1 aliphatic rings. The second kappa shape index (κ2) is 5.22. The number of benzene rings is 1. The first-order valence-corrected chi connectivity index (χ1v) is 6.67. The molecule has 1 saturated heterocycles. The van der Waals surface area contributed by atoms with Crippen molar-refractivity contribution in [1.82, 2.24) is 10.2 Å². The van der Waals surface area contributed by atoms with Crippen LogP contribution in [0.2, 0.25) is 0 Å². The van der Waals surface area contributed by atoms with Crippen molar-refractivity contribution in [1.29, 1.82) is 0 Å². The summed E-state index contributed by atoms with van der Waals surface area (Å²) < 4.78 is 0.950. The Morgan fingerprint density at radius 2 is 2.35 bits per heavy atom. The summed E-state index contributed by atoms with van der Waals surface area (Å²) >= 11 is 2.14. The monoisotopic (exact) mass is 346 g/mol. The van der Waals surface area contributed by atoms with Gasteiger partial charge in [-0.3, -0.25) is 4.79 Å². The second-order valence-corrected chi connectivity index (χ2v) is 5.46. The molecular weight excluding hydrogens is 331 g/mol. The maximum absolute atomic E-state index is 12.3. The molecule has 0 radical (unpaired) electrons. The molecule has 0 aromatic heterocycles. The molecule has 1 atom stereocenters. The number of nitrogens with one attached hydrogen (secondary N) is 1. The predicted octanol–water partition coefficient (Wildman–Crippen LogP) is 1.43. The number of phenolic OH excluding ortho intramolecular Hbond substituents is 1. The Kier molecular flexibility index (Phi) is 3.88. The van der Waals surface area contributed by atoms with Gasteiger partial charge in [-0.25, -0.2) is 0 Å². The van der Waals surface area contributed by atoms with Crippen molar-refractivity contribution in [2.75, 3.05) is 19.6 Å². The van der Waals surface area contributed by atoms with E-state index in [1.165, 1.54) is 0 Å². The van der Waals surface area contributed by atoms with Gasteiger partial charge in [0.15, 0.2) is 0 Å². The number of hydrogen-bond acceptors (Lipinski definition) is 3. The van der Waals surface area contributed by atoms with Crippen LogP contribution in [0, 0.1) is 3.57 Å². The Morgan fingerprint density at radius 1 is 1.59 bits per heavy atom. The normalized spacial score (nSPS) is 20.4. The second-order valence-electron chi connectivity index (χ2n) is 4.21. The summed E-state index contributed by atoms with van der Waals surface area (Å²) in [5.41, 5.74) is 0.394. The van der Waals surface area contributed by atoms with Gasteiger partial charge in [-0.15, -0.1) is 0 Å². The van der Waals surface area contributed by atoms with Crippen LogP contribution in [0.3, 0.4) is 0 Å². The quantitative estimate of drug-likeness (QED) is 0.757. The standard InChI is InChI=1S/C12H15IN2O2/c1-8-7-14-4-5-15(8)12(17)10-6-9(13)2-3-11(10)16/h2-3,6,8,14,16H,4-5,7H2,1H3/t8-/m1/s1. The van der Waals surface area contributed by atoms with Crippen molar-refractivity contribution >= 4 is 28.5 Å². The Morgan fingerprint density at radius 3 is 3.06 bits per heavy atom. The van der Waals surface area contributed by atoms with E-state index < -0.39 is 0 Å². The first-order valence-electron chi connectivity index (χ1n) is 5.60. The van der Waals surface area contributed by atoms with Gasteiger partial charge in [0, 0.05) is 29.2 Å². The van der Waals surface area contributed by atoms with Crippen molar-refractivity contribution in [2.24, 2.45) is 0 Å². The number of rotatable bonds is 1. The van der Waals surface area contributed by atoms with Gasteiger partial charge in [-0.05, 0) is 47.7 Å². The molecule has 17 heavy (non-hydrogen) atoms. The zero-order chi connectivity index (χ0) is 12.4. The van der Waals surface area contributed by atoms with E-state index in [0.29, 0.717) is 12.1 Å². The summed E-state index contributed by atoms with van der Waals surface area (Å²) in [5, 5.41) is 13.0. The highest BCUT2D eigenvalue weighted by atomic mass is 127. The third kappa shape index (κ3) is 2.71. The smallest absolute Gasteiger partial charge is 0.257 e. The lowest BCUT2D eigenvalue weighted by molar-refractivity contribution is 0.0652. The Labute approximate surface area is 114 Å². The lowest BCUT2D eigenvalue weighted by Gasteiger charge is -2.34. The van der Waals surface area contributed by atoms with Gasteiger partial charge >= 0.3 is 0 Å². The first kappa shape index (κ1) is 12.6. The van der Waals surface area contributed by atoms with Crippen LogP contribution in [-0.2, 0) is 0 Å². The Hall–Kier alpha value is -0.820. The number of phenols is 1. The van der Waals surface area contributed by atoms with Crippen molar-refractivity contribution < 1.29 is 9.90 Å². The highest BCUT2D eigenvalue weighted by molar-refractivity contribution is 14.1. The first-order chi connectivity index (χ1) is 8.09. The molecule has 92 valence electrons. The van der Waals surface area contributed by atoms with Gasteiger partial charge in [0.25, 0.3) is 5.91 Å². The SMILES string of the molecule is C[C@@H]1CNCCN1C(=O)c1cc(I)ccc1O. The van der Waals surface area contributed by atoms with E-state index in [4.69, 9.17) is 0 Å². The fourth-order valence-corrected chi connectivity index (χ4v) is 2.47. The topological polar surface area (TPSA) is 52.6 Å². The Balaban J connectivity index is 2.26. The molecule has 1 heterocycles. The van der Waals surface area contributed by atoms with E-state index >= 15 is 0 Å². The molecule has 0 saturated carbocycles. The van der Waals surface area contributed by atoms with Crippen molar-refractivity contribution in [3.8, 4) is 5.75 Å². The van der Waals surface area contributed by atoms with Crippen molar-refractivity contribution in [3.05, 3.63) is 27.3 Å². The number of hydrogen-bond donors (Lipinski definition) is 2. The number of carbonyl (C=O) groups excluding carboxylic acids is 1. The van der Waals surface area contributed by atoms with E-state index in [1.807, 2.05) is 11.8 Å². The van der Waals surface area contributed by atoms with E-state index in [2.05, 4.69) is 27.9 Å². The van der Waals surface area contributed by atoms with Crippen LogP contribution < -0.4 is 5.32 Å². The molecule has 1 amide bonds. The molecule has 4 nitrogen and oxygen atoms in total. The molecule has 1 aliphatic heterocycles. The van der Waals surface area contributed by atoms with Crippen molar-refractivity contribution in [3.63, 3.8) is 0 Å². The summed E-state index contributed by atoms with van der Waals surface area (Å²) in [4.78, 5) is 14.1. The third-order valence-electron chi connectivity index (χ3n) is 2.95. The Bertz CT molecular complexity index is 437. The van der Waals surface area contributed by atoms with Gasteiger partial charge in [0.05, 0.1) is 5.56 Å². The molecule has 1 aromatic carbocycles. The molecule has 0 aliphatic carbocycles. The van der Waals surface area contributed by atoms with Crippen LogP contribution in [0.1, 0.15) is 17.3 Å². The number of halogens is 1. The number of carbonyl (C=O) groups is 1. The molecular formula is C12H15IN2O2. The molecule has 2 N–H and O–H groups in total. The molecule has 1 aromatic rings. The van der Waals surface area contributed by atoms with Gasteiger partial charge in [0.1, 0.15) is 5.75 Å². The largest absolute Gasteiger partial charge is 0.507 e. The van der Waals surface area contributed by atoms with E-state index in [1.54, 1.807) is 18.2 Å². The van der Waals surface area contributed by atoms with Gasteiger partial charge in [0.2, 0.25) is 0 Å². The lowest BCUT2D eigenvalue weighted by Crippen LogP contribution is -2.52. The zero-order valence-corrected chi connectivity index (χ0v) is 11.8. The molecule has 2 rings (SSSR count). The maximum atomic E-state index is 12.3. The zero-order valence-electron chi connectivity index (χ0n) is 9.61. The molecule has 5 heteroatoms. The minimum absolute atomic E-state index is 0.0566. The number of amides is 1. The fraction of sp³-hybridized carbons (Fsp3) is 0.417. The van der Waals surface area contributed by atoms with Crippen LogP contribution in [0.15, 0.2) is 18.2 Å². The van der Waals surface area contributed by atoms with Crippen LogP contribution in [0.5, 0.6) is 5.75 Å². The van der Waals surface area contributed by atoms with Crippen LogP contribution in [0.25, 0.3) is 0 Å². The van der Waals surface area contributed by atoms with Gasteiger partial charge in [-0.2, -0.15) is 0 Å². The van der Waals surface area contributed by atoms with E-state index in [-0.39, 0.29) is 17.7 Å². The average Bonchev–Trinajstić information content (AvgIpc) is 2.32. The fourth-order valence-electron chi connectivity index (χ4n) is 1.98. The van der Waals surface area contributed by atoms with Gasteiger partial charge in [-0.1, -0.05) is 0 Å². The highest BCUT2D eigenvalue weighted by Gasteiger charge is 2.25. The van der Waals surface area contributed by atoms with E-state index in [9.17, 15) is 9.90 Å². The molecule has 0 bridgehead atoms.